The molecule has 0 heterocycles. The number of unbranched alkanes of at least 4 members (excludes halogenated alkanes) is 9. The van der Waals surface area contributed by atoms with Gasteiger partial charge >= 0.3 is 0 Å². The lowest BCUT2D eigenvalue weighted by atomic mass is 10.1. The average molecular weight is 610 g/mol. The van der Waals surface area contributed by atoms with Crippen molar-refractivity contribution in [1.82, 2.24) is 6.15 Å². The number of carbonyl (C=O) groups is 3. The van der Waals surface area contributed by atoms with Gasteiger partial charge in [-0.25, -0.2) is 0 Å². The van der Waals surface area contributed by atoms with Gasteiger partial charge in [-0.15, -0.1) is 0 Å². The van der Waals surface area contributed by atoms with E-state index in [1.165, 1.54) is 127 Å². The molecule has 4 N–H and O–H groups in total. The van der Waals surface area contributed by atoms with Crippen molar-refractivity contribution in [2.45, 2.75) is 145 Å². The van der Waals surface area contributed by atoms with Crippen molar-refractivity contribution in [2.24, 2.45) is 0 Å². The fourth-order valence-electron chi connectivity index (χ4n) is 4.64. The normalized spacial score (nSPS) is 10.1. The third-order valence-electron chi connectivity index (χ3n) is 5.97. The van der Waals surface area contributed by atoms with Crippen LogP contribution in [0.4, 0.5) is 0 Å². The Morgan fingerprint density at radius 1 is 0.500 bits per heavy atom. The van der Waals surface area contributed by atoms with Gasteiger partial charge in [-0.1, -0.05) is 86.0 Å². The van der Waals surface area contributed by atoms with Crippen LogP contribution in [0, 0.1) is 0 Å². The van der Waals surface area contributed by atoms with E-state index in [1.807, 2.05) is 0 Å². The van der Waals surface area contributed by atoms with Crippen LogP contribution in [0.1, 0.15) is 145 Å². The summed E-state index contributed by atoms with van der Waals surface area (Å²) in [6.07, 6.45) is 19.7. The highest BCUT2D eigenvalue weighted by Crippen LogP contribution is 2.13. The van der Waals surface area contributed by atoms with Crippen LogP contribution in [-0.4, -0.2) is 85.8 Å². The molecule has 0 aromatic carbocycles. The molecule has 258 valence electrons. The van der Waals surface area contributed by atoms with E-state index < -0.39 is 17.9 Å². The quantitative estimate of drug-likeness (QED) is 0.138. The first-order chi connectivity index (χ1) is 19.0. The SMILES string of the molecule is CC(=O)O.CC(=O)[O-].CC(=O)[O-].CCCCCCCCCCCC[N+](C)(C)C.CCC[N+](CCC)(CCC)CCC.N. The fraction of sp³-hybridized carbons (Fsp3) is 0.909. The van der Waals surface area contributed by atoms with Crippen molar-refractivity contribution in [2.75, 3.05) is 53.9 Å². The number of carboxylic acid groups (broad SMARTS) is 3. The molecular weight excluding hydrogens is 534 g/mol. The topological polar surface area (TPSA) is 153 Å². The van der Waals surface area contributed by atoms with Crippen LogP contribution >= 0.6 is 0 Å². The Kier molecular flexibility index (Phi) is 49.5. The van der Waals surface area contributed by atoms with Crippen molar-refractivity contribution in [3.05, 3.63) is 0 Å². The van der Waals surface area contributed by atoms with Gasteiger partial charge in [0.15, 0.2) is 0 Å². The van der Waals surface area contributed by atoms with Crippen molar-refractivity contribution >= 4 is 17.9 Å². The molecule has 0 radical (unpaired) electrons. The standard InChI is InChI=1S/C15H34N.C12H28N.3C2H4O2.H3N/c1-5-6-7-8-9-10-11-12-13-14-15-16(2,3)4;1-5-9-13(10-6-2,11-7-3)12-8-4;3*1-2(3)4;/h5-15H2,1-4H3;5-12H2,1-4H3;3*1H3,(H,3,4);1H3/q2*+1;;;;/p-2. The third kappa shape index (κ3) is 71.5. The van der Waals surface area contributed by atoms with Crippen molar-refractivity contribution in [3.63, 3.8) is 0 Å². The Morgan fingerprint density at radius 3 is 0.905 bits per heavy atom. The summed E-state index contributed by atoms with van der Waals surface area (Å²) >= 11 is 0. The summed E-state index contributed by atoms with van der Waals surface area (Å²) in [7, 11) is 6.86. The summed E-state index contributed by atoms with van der Waals surface area (Å²) in [6.45, 7) is 21.4. The predicted octanol–water partition coefficient (Wildman–Crippen LogP) is 5.82. The molecule has 0 atom stereocenters. The zero-order chi connectivity index (χ0) is 33.2. The highest BCUT2D eigenvalue weighted by molar-refractivity contribution is 5.63. The summed E-state index contributed by atoms with van der Waals surface area (Å²) in [5, 5.41) is 25.2. The van der Waals surface area contributed by atoms with Gasteiger partial charge in [-0.05, 0) is 52.4 Å². The van der Waals surface area contributed by atoms with Crippen molar-refractivity contribution in [1.29, 1.82) is 0 Å². The molecule has 9 heteroatoms. The van der Waals surface area contributed by atoms with Gasteiger partial charge in [0.2, 0.25) is 0 Å². The molecule has 42 heavy (non-hydrogen) atoms. The molecule has 0 aliphatic rings. The highest BCUT2D eigenvalue weighted by Gasteiger charge is 2.22. The maximum atomic E-state index is 9.00. The van der Waals surface area contributed by atoms with E-state index in [0.29, 0.717) is 0 Å². The molecule has 0 unspecified atom stereocenters. The Labute approximate surface area is 261 Å². The maximum absolute atomic E-state index is 9.00. The number of hydrogen-bond acceptors (Lipinski definition) is 6. The van der Waals surface area contributed by atoms with Crippen LogP contribution in [0.2, 0.25) is 0 Å². The minimum absolute atomic E-state index is 0. The molecule has 0 rings (SSSR count). The molecule has 0 saturated heterocycles. The number of nitrogens with zero attached hydrogens (tertiary/aromatic N) is 2. The second-order valence-corrected chi connectivity index (χ2v) is 11.9. The molecule has 0 aromatic heterocycles. The fourth-order valence-corrected chi connectivity index (χ4v) is 4.64. The summed E-state index contributed by atoms with van der Waals surface area (Å²) in [6, 6.07) is 0. The molecule has 0 amide bonds. The van der Waals surface area contributed by atoms with Crippen LogP contribution in [0.15, 0.2) is 0 Å². The third-order valence-corrected chi connectivity index (χ3v) is 5.97. The number of quaternary nitrogens is 2. The van der Waals surface area contributed by atoms with Gasteiger partial charge in [0.25, 0.3) is 5.97 Å². The average Bonchev–Trinajstić information content (AvgIpc) is 2.80. The molecular formula is C33H75N3O6. The summed E-state index contributed by atoms with van der Waals surface area (Å²) in [5.41, 5.74) is 0. The number of hydrogen-bond donors (Lipinski definition) is 2. The Balaban J connectivity index is -0.000000110. The zero-order valence-corrected chi connectivity index (χ0v) is 30.0. The van der Waals surface area contributed by atoms with Gasteiger partial charge < -0.3 is 40.0 Å². The lowest BCUT2D eigenvalue weighted by Gasteiger charge is -2.38. The van der Waals surface area contributed by atoms with Crippen LogP contribution in [0.5, 0.6) is 0 Å². The monoisotopic (exact) mass is 610 g/mol. The Morgan fingerprint density at radius 2 is 0.714 bits per heavy atom. The summed E-state index contributed by atoms with van der Waals surface area (Å²) < 4.78 is 2.50. The summed E-state index contributed by atoms with van der Waals surface area (Å²) in [5.74, 6) is -3.00. The van der Waals surface area contributed by atoms with E-state index in [2.05, 4.69) is 55.8 Å². The molecule has 0 aliphatic heterocycles. The molecule has 0 aromatic rings. The van der Waals surface area contributed by atoms with Crippen LogP contribution in [0.25, 0.3) is 0 Å². The molecule has 9 nitrogen and oxygen atoms in total. The second kappa shape index (κ2) is 39.3. The lowest BCUT2D eigenvalue weighted by molar-refractivity contribution is -0.928. The van der Waals surface area contributed by atoms with Gasteiger partial charge in [0.1, 0.15) is 0 Å². The van der Waals surface area contributed by atoms with E-state index in [4.69, 9.17) is 29.7 Å². The van der Waals surface area contributed by atoms with Gasteiger partial charge in [-0.2, -0.15) is 0 Å². The lowest BCUT2D eigenvalue weighted by Crippen LogP contribution is -2.50. The number of carbonyl (C=O) groups excluding carboxylic acids is 2. The second-order valence-electron chi connectivity index (χ2n) is 11.9. The van der Waals surface area contributed by atoms with E-state index >= 15 is 0 Å². The van der Waals surface area contributed by atoms with Crippen LogP contribution in [-0.2, 0) is 14.4 Å². The van der Waals surface area contributed by atoms with Gasteiger partial charge in [0.05, 0.1) is 53.9 Å². The highest BCUT2D eigenvalue weighted by atomic mass is 16.4. The largest absolute Gasteiger partial charge is 0.550 e. The minimum Gasteiger partial charge on any atom is -0.550 e. The van der Waals surface area contributed by atoms with Gasteiger partial charge in [0, 0.05) is 18.9 Å². The molecule has 0 bridgehead atoms. The Bertz CT molecular complexity index is 496. The van der Waals surface area contributed by atoms with E-state index in [9.17, 15) is 0 Å². The first-order valence-corrected chi connectivity index (χ1v) is 16.2. The van der Waals surface area contributed by atoms with Crippen LogP contribution < -0.4 is 16.4 Å². The molecule has 0 saturated carbocycles. The molecule has 0 aliphatic carbocycles. The minimum atomic E-state index is -1.08. The van der Waals surface area contributed by atoms with Crippen molar-refractivity contribution in [3.8, 4) is 0 Å². The molecule has 0 fully saturated rings. The first-order valence-electron chi connectivity index (χ1n) is 16.2. The van der Waals surface area contributed by atoms with Gasteiger partial charge in [-0.3, -0.25) is 4.79 Å². The van der Waals surface area contributed by atoms with E-state index in [0.717, 1.165) is 25.3 Å². The molecule has 0 spiro atoms. The van der Waals surface area contributed by atoms with E-state index in [1.54, 1.807) is 0 Å². The maximum Gasteiger partial charge on any atom is 0.300 e. The number of carboxylic acids is 3. The predicted molar refractivity (Wildman–Crippen MR) is 175 cm³/mol. The summed E-state index contributed by atoms with van der Waals surface area (Å²) in [4.78, 5) is 26.8. The van der Waals surface area contributed by atoms with E-state index in [-0.39, 0.29) is 6.15 Å². The smallest absolute Gasteiger partial charge is 0.300 e. The van der Waals surface area contributed by atoms with Crippen LogP contribution in [0.3, 0.4) is 0 Å². The first kappa shape index (κ1) is 52.9. The number of rotatable bonds is 19. The number of aliphatic carboxylic acids is 3. The Hall–Kier alpha value is -1.71. The van der Waals surface area contributed by atoms with Crippen molar-refractivity contribution < 1.29 is 38.7 Å². The zero-order valence-electron chi connectivity index (χ0n) is 30.0.